The molecule has 5 heteroatoms. The fraction of sp³-hybridized carbons (Fsp3) is 0. The highest BCUT2D eigenvalue weighted by Crippen LogP contribution is 2.28. The molecule has 0 fully saturated rings. The molecule has 96 valence electrons. The molecule has 0 amide bonds. The molecule has 0 saturated heterocycles. The van der Waals surface area contributed by atoms with Crippen LogP contribution in [0.15, 0.2) is 54.0 Å². The molecule has 2 nitrogen and oxygen atoms in total. The van der Waals surface area contributed by atoms with Crippen molar-refractivity contribution in [2.75, 3.05) is 0 Å². The van der Waals surface area contributed by atoms with Gasteiger partial charge in [-0.3, -0.25) is 4.98 Å². The molecular weight excluding hydrogens is 344 g/mol. The van der Waals surface area contributed by atoms with Gasteiger partial charge in [0.15, 0.2) is 0 Å². The number of thiazole rings is 1. The van der Waals surface area contributed by atoms with Crippen molar-refractivity contribution in [3.63, 3.8) is 0 Å². The van der Waals surface area contributed by atoms with E-state index in [1.165, 1.54) is 0 Å². The summed E-state index contributed by atoms with van der Waals surface area (Å²) in [5, 5.41) is 3.70. The van der Waals surface area contributed by atoms with Gasteiger partial charge in [0, 0.05) is 22.2 Å². The largest absolute Gasteiger partial charge is 0.254 e. The van der Waals surface area contributed by atoms with Crippen LogP contribution in [-0.2, 0) is 0 Å². The molecule has 0 N–H and O–H groups in total. The summed E-state index contributed by atoms with van der Waals surface area (Å²) in [4.78, 5) is 8.89. The van der Waals surface area contributed by atoms with E-state index in [4.69, 9.17) is 11.6 Å². The first kappa shape index (κ1) is 14.2. The fourth-order valence-electron chi connectivity index (χ4n) is 1.63. The van der Waals surface area contributed by atoms with Crippen molar-refractivity contribution in [2.45, 2.75) is 0 Å². The Kier molecular flexibility index (Phi) is 4.69. The van der Waals surface area contributed by atoms with E-state index in [1.54, 1.807) is 17.5 Å². The molecular formula is C14H10BrClN2S. The molecule has 0 atom stereocenters. The molecule has 0 spiro atoms. The lowest BCUT2D eigenvalue weighted by molar-refractivity contribution is 1.29. The van der Waals surface area contributed by atoms with E-state index in [0.29, 0.717) is 0 Å². The standard InChI is InChI=1S/C14H9ClN2S.BrH/c15-11-6-4-10(5-7-11)13-9-18-14(17-13)12-3-1-2-8-16-12;/h1-9H;1H. The number of pyridine rings is 1. The number of aromatic nitrogens is 2. The SMILES string of the molecule is Br.Clc1ccc(-c2csc(-c3ccccn3)n2)cc1. The molecule has 0 aliphatic rings. The van der Waals surface area contributed by atoms with Gasteiger partial charge < -0.3 is 0 Å². The van der Waals surface area contributed by atoms with Crippen molar-refractivity contribution in [3.05, 3.63) is 59.1 Å². The average Bonchev–Trinajstić information content (AvgIpc) is 2.90. The topological polar surface area (TPSA) is 25.8 Å². The van der Waals surface area contributed by atoms with Gasteiger partial charge in [-0.05, 0) is 24.3 Å². The lowest BCUT2D eigenvalue weighted by Gasteiger charge is -1.96. The molecule has 19 heavy (non-hydrogen) atoms. The first-order valence-electron chi connectivity index (χ1n) is 5.46. The number of rotatable bonds is 2. The minimum atomic E-state index is 0. The second-order valence-electron chi connectivity index (χ2n) is 3.76. The minimum absolute atomic E-state index is 0. The molecule has 2 heterocycles. The highest BCUT2D eigenvalue weighted by molar-refractivity contribution is 8.93. The van der Waals surface area contributed by atoms with E-state index in [1.807, 2.05) is 47.8 Å². The fourth-order valence-corrected chi connectivity index (χ4v) is 2.56. The Hall–Kier alpha value is -1.23. The van der Waals surface area contributed by atoms with Crippen LogP contribution in [-0.4, -0.2) is 9.97 Å². The molecule has 0 unspecified atom stereocenters. The highest BCUT2D eigenvalue weighted by atomic mass is 79.9. The summed E-state index contributed by atoms with van der Waals surface area (Å²) < 4.78 is 0. The quantitative estimate of drug-likeness (QED) is 0.640. The first-order chi connectivity index (χ1) is 8.83. The van der Waals surface area contributed by atoms with E-state index in [0.717, 1.165) is 27.0 Å². The maximum atomic E-state index is 5.87. The second kappa shape index (κ2) is 6.28. The summed E-state index contributed by atoms with van der Waals surface area (Å²) in [6.07, 6.45) is 1.78. The summed E-state index contributed by atoms with van der Waals surface area (Å²) in [5.74, 6) is 0. The molecule has 3 rings (SSSR count). The van der Waals surface area contributed by atoms with Crippen LogP contribution in [0.4, 0.5) is 0 Å². The summed E-state index contributed by atoms with van der Waals surface area (Å²) >= 11 is 7.47. The van der Waals surface area contributed by atoms with E-state index in [2.05, 4.69) is 9.97 Å². The maximum Gasteiger partial charge on any atom is 0.142 e. The second-order valence-corrected chi connectivity index (χ2v) is 5.05. The number of hydrogen-bond acceptors (Lipinski definition) is 3. The number of hydrogen-bond donors (Lipinski definition) is 0. The van der Waals surface area contributed by atoms with E-state index >= 15 is 0 Å². The maximum absolute atomic E-state index is 5.87. The summed E-state index contributed by atoms with van der Waals surface area (Å²) in [7, 11) is 0. The monoisotopic (exact) mass is 352 g/mol. The first-order valence-corrected chi connectivity index (χ1v) is 6.71. The Labute approximate surface area is 130 Å². The van der Waals surface area contributed by atoms with Crippen LogP contribution in [0.25, 0.3) is 22.0 Å². The zero-order chi connectivity index (χ0) is 12.4. The van der Waals surface area contributed by atoms with E-state index in [9.17, 15) is 0 Å². The number of halogens is 2. The normalized spacial score (nSPS) is 9.95. The molecule has 2 aromatic heterocycles. The van der Waals surface area contributed by atoms with Gasteiger partial charge in [0.1, 0.15) is 5.01 Å². The highest BCUT2D eigenvalue weighted by Gasteiger charge is 2.06. The molecule has 3 aromatic rings. The third-order valence-corrected chi connectivity index (χ3v) is 3.64. The molecule has 0 aliphatic carbocycles. The zero-order valence-corrected chi connectivity index (χ0v) is 13.1. The van der Waals surface area contributed by atoms with Crippen LogP contribution >= 0.6 is 39.9 Å². The van der Waals surface area contributed by atoms with E-state index < -0.39 is 0 Å². The van der Waals surface area contributed by atoms with Crippen LogP contribution in [0.1, 0.15) is 0 Å². The average molecular weight is 354 g/mol. The Morgan fingerprint density at radius 1 is 0.947 bits per heavy atom. The van der Waals surface area contributed by atoms with Crippen LogP contribution < -0.4 is 0 Å². The third kappa shape index (κ3) is 3.21. The van der Waals surface area contributed by atoms with Gasteiger partial charge in [-0.2, -0.15) is 0 Å². The van der Waals surface area contributed by atoms with Crippen LogP contribution in [0, 0.1) is 0 Å². The van der Waals surface area contributed by atoms with Crippen LogP contribution in [0.5, 0.6) is 0 Å². The van der Waals surface area contributed by atoms with Gasteiger partial charge >= 0.3 is 0 Å². The Morgan fingerprint density at radius 3 is 2.42 bits per heavy atom. The van der Waals surface area contributed by atoms with Gasteiger partial charge in [-0.25, -0.2) is 4.98 Å². The lowest BCUT2D eigenvalue weighted by Crippen LogP contribution is -1.81. The summed E-state index contributed by atoms with van der Waals surface area (Å²) in [6, 6.07) is 13.5. The Morgan fingerprint density at radius 2 is 1.74 bits per heavy atom. The van der Waals surface area contributed by atoms with Crippen molar-refractivity contribution in [1.82, 2.24) is 9.97 Å². The van der Waals surface area contributed by atoms with Gasteiger partial charge in [0.05, 0.1) is 11.4 Å². The van der Waals surface area contributed by atoms with Crippen molar-refractivity contribution in [2.24, 2.45) is 0 Å². The Balaban J connectivity index is 0.00000133. The molecule has 0 aliphatic heterocycles. The molecule has 0 radical (unpaired) electrons. The van der Waals surface area contributed by atoms with Crippen molar-refractivity contribution < 1.29 is 0 Å². The predicted molar refractivity (Wildman–Crippen MR) is 86.1 cm³/mol. The number of nitrogens with zero attached hydrogens (tertiary/aromatic N) is 2. The van der Waals surface area contributed by atoms with Crippen molar-refractivity contribution >= 4 is 39.9 Å². The summed E-state index contributed by atoms with van der Waals surface area (Å²) in [6.45, 7) is 0. The molecule has 0 bridgehead atoms. The van der Waals surface area contributed by atoms with Crippen molar-refractivity contribution in [3.8, 4) is 22.0 Å². The minimum Gasteiger partial charge on any atom is -0.254 e. The van der Waals surface area contributed by atoms with Gasteiger partial charge in [0.25, 0.3) is 0 Å². The van der Waals surface area contributed by atoms with Gasteiger partial charge in [-0.15, -0.1) is 28.3 Å². The summed E-state index contributed by atoms with van der Waals surface area (Å²) in [5.41, 5.74) is 2.93. The van der Waals surface area contributed by atoms with Gasteiger partial charge in [0.2, 0.25) is 0 Å². The predicted octanol–water partition coefficient (Wildman–Crippen LogP) is 5.10. The van der Waals surface area contributed by atoms with Crippen LogP contribution in [0.3, 0.4) is 0 Å². The van der Waals surface area contributed by atoms with Gasteiger partial charge in [-0.1, -0.05) is 29.8 Å². The van der Waals surface area contributed by atoms with Crippen molar-refractivity contribution in [1.29, 1.82) is 0 Å². The third-order valence-electron chi connectivity index (χ3n) is 2.53. The zero-order valence-electron chi connectivity index (χ0n) is 9.79. The lowest BCUT2D eigenvalue weighted by atomic mass is 10.2. The Bertz CT molecular complexity index is 653. The smallest absolute Gasteiger partial charge is 0.142 e. The molecule has 1 aromatic carbocycles. The molecule has 0 saturated carbocycles. The number of benzene rings is 1. The van der Waals surface area contributed by atoms with Crippen LogP contribution in [0.2, 0.25) is 5.02 Å². The van der Waals surface area contributed by atoms with E-state index in [-0.39, 0.29) is 17.0 Å².